The van der Waals surface area contributed by atoms with Crippen molar-refractivity contribution in [3.05, 3.63) is 12.8 Å². The third-order valence-corrected chi connectivity index (χ3v) is 4.37. The highest BCUT2D eigenvalue weighted by Crippen LogP contribution is 2.42. The molecule has 0 spiro atoms. The van der Waals surface area contributed by atoms with E-state index >= 15 is 0 Å². The molecule has 1 heterocycles. The molecular weight excluding hydrogens is 184 g/mol. The molecule has 1 nitrogen and oxygen atoms in total. The van der Waals surface area contributed by atoms with E-state index in [1.54, 1.807) is 0 Å². The molecule has 84 valence electrons. The van der Waals surface area contributed by atoms with E-state index in [-0.39, 0.29) is 0 Å². The molecule has 1 saturated heterocycles. The van der Waals surface area contributed by atoms with Gasteiger partial charge >= 0.3 is 0 Å². The Labute approximate surface area is 93.6 Å². The van der Waals surface area contributed by atoms with E-state index in [1.165, 1.54) is 51.4 Å². The lowest BCUT2D eigenvalue weighted by atomic mass is 9.81. The molecule has 1 heteroatoms. The lowest BCUT2D eigenvalue weighted by Gasteiger charge is -2.24. The first-order valence-electron chi connectivity index (χ1n) is 6.75. The van der Waals surface area contributed by atoms with Gasteiger partial charge < -0.3 is 4.74 Å². The minimum absolute atomic E-state index is 0.630. The van der Waals surface area contributed by atoms with Crippen LogP contribution < -0.4 is 0 Å². The topological polar surface area (TPSA) is 12.5 Å². The van der Waals surface area contributed by atoms with Gasteiger partial charge in [-0.1, -0.05) is 19.3 Å². The minimum atomic E-state index is 0.630. The van der Waals surface area contributed by atoms with Crippen molar-refractivity contribution in [2.24, 2.45) is 11.8 Å². The van der Waals surface area contributed by atoms with Gasteiger partial charge in [0.05, 0.1) is 12.2 Å². The van der Waals surface area contributed by atoms with E-state index in [0.29, 0.717) is 12.2 Å². The molecule has 4 atom stereocenters. The van der Waals surface area contributed by atoms with Crippen molar-refractivity contribution in [2.45, 2.75) is 63.6 Å². The average molecular weight is 206 g/mol. The van der Waals surface area contributed by atoms with Crippen LogP contribution in [-0.2, 0) is 4.74 Å². The summed E-state index contributed by atoms with van der Waals surface area (Å²) in [4.78, 5) is 0. The molecule has 3 aliphatic rings. The highest BCUT2D eigenvalue weighted by atomic mass is 16.6. The van der Waals surface area contributed by atoms with Gasteiger partial charge in [-0.05, 0) is 56.8 Å². The molecule has 0 amide bonds. The van der Waals surface area contributed by atoms with Crippen molar-refractivity contribution in [3.8, 4) is 0 Å². The zero-order valence-electron chi connectivity index (χ0n) is 9.53. The summed E-state index contributed by atoms with van der Waals surface area (Å²) in [7, 11) is 0. The van der Waals surface area contributed by atoms with Crippen LogP contribution in [0, 0.1) is 24.7 Å². The normalized spacial score (nSPS) is 42.8. The van der Waals surface area contributed by atoms with Crippen LogP contribution >= 0.6 is 0 Å². The number of epoxide rings is 1. The molecule has 2 aliphatic carbocycles. The van der Waals surface area contributed by atoms with Gasteiger partial charge in [-0.25, -0.2) is 0 Å². The Balaban J connectivity index is 1.58. The first kappa shape index (κ1) is 10.1. The Kier molecular flexibility index (Phi) is 3.01. The summed E-state index contributed by atoms with van der Waals surface area (Å²) in [6, 6.07) is 0. The summed E-state index contributed by atoms with van der Waals surface area (Å²) in [5.74, 6) is 1.70. The number of fused-ring (bicyclic) bond motifs is 1. The van der Waals surface area contributed by atoms with Gasteiger partial charge in [-0.3, -0.25) is 0 Å². The van der Waals surface area contributed by atoms with E-state index < -0.39 is 0 Å². The zero-order chi connectivity index (χ0) is 10.1. The maximum Gasteiger partial charge on any atom is 0.0844 e. The van der Waals surface area contributed by atoms with Crippen LogP contribution in [0.25, 0.3) is 0 Å². The van der Waals surface area contributed by atoms with E-state index in [4.69, 9.17) is 4.74 Å². The molecule has 3 rings (SSSR count). The largest absolute Gasteiger partial charge is 0.370 e. The Morgan fingerprint density at radius 2 is 1.73 bits per heavy atom. The Hall–Kier alpha value is -0.0400. The van der Waals surface area contributed by atoms with Crippen molar-refractivity contribution in [1.29, 1.82) is 0 Å². The first-order valence-corrected chi connectivity index (χ1v) is 6.75. The number of ether oxygens (including phenoxy) is 1. The van der Waals surface area contributed by atoms with E-state index in [1.807, 2.05) is 0 Å². The molecular formula is C14H22O. The van der Waals surface area contributed by atoms with Gasteiger partial charge in [0.15, 0.2) is 0 Å². The quantitative estimate of drug-likeness (QED) is 0.472. The molecule has 4 unspecified atom stereocenters. The molecule has 2 saturated carbocycles. The first-order chi connectivity index (χ1) is 7.43. The fourth-order valence-electron chi connectivity index (χ4n) is 3.37. The maximum atomic E-state index is 5.68. The van der Waals surface area contributed by atoms with E-state index in [0.717, 1.165) is 11.8 Å². The molecule has 0 aromatic carbocycles. The number of hydrogen-bond donors (Lipinski definition) is 0. The summed E-state index contributed by atoms with van der Waals surface area (Å²) in [6.45, 7) is 0. The summed E-state index contributed by atoms with van der Waals surface area (Å²) < 4.78 is 5.68. The SMILES string of the molecule is [CH]1CCCCCC1C1[CH]CCC2OC2C1. The highest BCUT2D eigenvalue weighted by Gasteiger charge is 2.43. The van der Waals surface area contributed by atoms with Crippen molar-refractivity contribution in [3.63, 3.8) is 0 Å². The van der Waals surface area contributed by atoms with Crippen molar-refractivity contribution in [2.75, 3.05) is 0 Å². The van der Waals surface area contributed by atoms with Crippen molar-refractivity contribution < 1.29 is 4.74 Å². The number of rotatable bonds is 1. The van der Waals surface area contributed by atoms with Crippen LogP contribution in [0.4, 0.5) is 0 Å². The minimum Gasteiger partial charge on any atom is -0.370 e. The second-order valence-corrected chi connectivity index (χ2v) is 5.46. The lowest BCUT2D eigenvalue weighted by molar-refractivity contribution is 0.286. The van der Waals surface area contributed by atoms with Gasteiger partial charge in [0.1, 0.15) is 0 Å². The molecule has 3 fully saturated rings. The molecule has 15 heavy (non-hydrogen) atoms. The van der Waals surface area contributed by atoms with E-state index in [9.17, 15) is 0 Å². The fourth-order valence-corrected chi connectivity index (χ4v) is 3.37. The summed E-state index contributed by atoms with van der Waals surface area (Å²) >= 11 is 0. The fraction of sp³-hybridized carbons (Fsp3) is 0.857. The molecule has 0 bridgehead atoms. The van der Waals surface area contributed by atoms with Crippen LogP contribution in [0.5, 0.6) is 0 Å². The zero-order valence-corrected chi connectivity index (χ0v) is 9.53. The molecule has 2 radical (unpaired) electrons. The van der Waals surface area contributed by atoms with Gasteiger partial charge in [-0.2, -0.15) is 0 Å². The predicted octanol–water partition coefficient (Wildman–Crippen LogP) is 3.54. The summed E-state index contributed by atoms with van der Waals surface area (Å²) in [5.41, 5.74) is 0. The molecule has 0 aromatic rings. The third kappa shape index (κ3) is 2.38. The standard InChI is InChI=1S/C14H22O/c1-2-4-7-11(6-3-1)12-8-5-9-13-14(10-12)15-13/h6,8,11-14H,1-5,7,9-10H2. The van der Waals surface area contributed by atoms with Crippen molar-refractivity contribution in [1.82, 2.24) is 0 Å². The second kappa shape index (κ2) is 4.45. The Morgan fingerprint density at radius 3 is 2.73 bits per heavy atom. The lowest BCUT2D eigenvalue weighted by Crippen LogP contribution is -2.16. The van der Waals surface area contributed by atoms with Gasteiger partial charge in [0.25, 0.3) is 0 Å². The smallest absolute Gasteiger partial charge is 0.0844 e. The van der Waals surface area contributed by atoms with Crippen molar-refractivity contribution >= 4 is 0 Å². The highest BCUT2D eigenvalue weighted by molar-refractivity contribution is 5.00. The Morgan fingerprint density at radius 1 is 0.800 bits per heavy atom. The van der Waals surface area contributed by atoms with Crippen LogP contribution in [0.1, 0.15) is 51.4 Å². The van der Waals surface area contributed by atoms with Crippen LogP contribution in [-0.4, -0.2) is 12.2 Å². The average Bonchev–Trinajstić information content (AvgIpc) is 3.00. The van der Waals surface area contributed by atoms with Gasteiger partial charge in [-0.15, -0.1) is 0 Å². The van der Waals surface area contributed by atoms with Crippen LogP contribution in [0.2, 0.25) is 0 Å². The summed E-state index contributed by atoms with van der Waals surface area (Å²) in [5, 5.41) is 0. The van der Waals surface area contributed by atoms with Gasteiger partial charge in [0, 0.05) is 0 Å². The van der Waals surface area contributed by atoms with Crippen LogP contribution in [0.3, 0.4) is 0 Å². The summed E-state index contributed by atoms with van der Waals surface area (Å²) in [6.07, 6.45) is 17.5. The third-order valence-electron chi connectivity index (χ3n) is 4.37. The van der Waals surface area contributed by atoms with Crippen LogP contribution in [0.15, 0.2) is 0 Å². The maximum absolute atomic E-state index is 5.68. The monoisotopic (exact) mass is 206 g/mol. The second-order valence-electron chi connectivity index (χ2n) is 5.46. The van der Waals surface area contributed by atoms with E-state index in [2.05, 4.69) is 12.8 Å². The number of hydrogen-bond acceptors (Lipinski definition) is 1. The predicted molar refractivity (Wildman–Crippen MR) is 61.2 cm³/mol. The molecule has 1 aliphatic heterocycles. The molecule has 0 N–H and O–H groups in total. The van der Waals surface area contributed by atoms with Gasteiger partial charge in [0.2, 0.25) is 0 Å². The molecule has 0 aromatic heterocycles. The Bertz CT molecular complexity index is 205.